The van der Waals surface area contributed by atoms with Gasteiger partial charge in [0.1, 0.15) is 16.7 Å². The monoisotopic (exact) mass is 422 g/mol. The molecule has 1 aromatic carbocycles. The summed E-state index contributed by atoms with van der Waals surface area (Å²) in [6.45, 7) is 2.31. The molecule has 2 aromatic rings. The number of amides is 1. The molecule has 0 unspecified atom stereocenters. The van der Waals surface area contributed by atoms with Gasteiger partial charge in [-0.15, -0.1) is 0 Å². The van der Waals surface area contributed by atoms with Gasteiger partial charge in [-0.3, -0.25) is 19.5 Å². The molecular formula is C19H17ClF2N4O3. The number of ether oxygens (including phenoxy) is 1. The predicted octanol–water partition coefficient (Wildman–Crippen LogP) is 2.24. The Bertz CT molecular complexity index is 957. The average Bonchev–Trinajstić information content (AvgIpc) is 3.05. The molecule has 152 valence electrons. The van der Waals surface area contributed by atoms with Crippen LogP contribution < -0.4 is 15.0 Å². The van der Waals surface area contributed by atoms with Gasteiger partial charge in [-0.2, -0.15) is 0 Å². The number of carbonyl (C=O) groups is 2. The van der Waals surface area contributed by atoms with E-state index in [0.717, 1.165) is 0 Å². The number of nitrogens with one attached hydrogen (secondary N) is 1. The van der Waals surface area contributed by atoms with Crippen LogP contribution in [0.5, 0.6) is 5.75 Å². The summed E-state index contributed by atoms with van der Waals surface area (Å²) in [7, 11) is 0. The zero-order valence-electron chi connectivity index (χ0n) is 15.3. The van der Waals surface area contributed by atoms with Crippen LogP contribution in [0.1, 0.15) is 5.69 Å². The van der Waals surface area contributed by atoms with Crippen LogP contribution in [0.25, 0.3) is 0 Å². The van der Waals surface area contributed by atoms with Crippen LogP contribution >= 0.6 is 11.6 Å². The lowest BCUT2D eigenvalue weighted by molar-refractivity contribution is -0.131. The van der Waals surface area contributed by atoms with E-state index in [9.17, 15) is 18.4 Å². The molecular weight excluding hydrogens is 406 g/mol. The molecule has 0 atom stereocenters. The first-order valence-corrected chi connectivity index (χ1v) is 9.38. The van der Waals surface area contributed by atoms with Crippen molar-refractivity contribution in [3.05, 3.63) is 46.7 Å². The minimum Gasteiger partial charge on any atom is -0.424 e. The molecule has 2 aliphatic rings. The quantitative estimate of drug-likeness (QED) is 0.601. The Labute approximate surface area is 170 Å². The Balaban J connectivity index is 1.30. The zero-order valence-corrected chi connectivity index (χ0v) is 16.0. The SMILES string of the molecule is O=C(CN1CCN(c2cc(F)c(Cl)c(F)c2)CC1)Nc1cnc2c(c1)OC(=O)C2. The highest BCUT2D eigenvalue weighted by atomic mass is 35.5. The summed E-state index contributed by atoms with van der Waals surface area (Å²) in [6, 6.07) is 4.00. The Hall–Kier alpha value is -2.78. The van der Waals surface area contributed by atoms with Crippen LogP contribution in [0.3, 0.4) is 0 Å². The van der Waals surface area contributed by atoms with Gasteiger partial charge < -0.3 is 15.0 Å². The molecule has 1 N–H and O–H groups in total. The maximum Gasteiger partial charge on any atom is 0.317 e. The van der Waals surface area contributed by atoms with Crippen molar-refractivity contribution >= 4 is 34.9 Å². The summed E-state index contributed by atoms with van der Waals surface area (Å²) >= 11 is 5.52. The Kier molecular flexibility index (Phi) is 5.33. The Morgan fingerprint density at radius 3 is 2.55 bits per heavy atom. The lowest BCUT2D eigenvalue weighted by Crippen LogP contribution is -2.48. The van der Waals surface area contributed by atoms with Crippen LogP contribution in [0.4, 0.5) is 20.2 Å². The van der Waals surface area contributed by atoms with Crippen molar-refractivity contribution in [2.24, 2.45) is 0 Å². The third-order valence-electron chi connectivity index (χ3n) is 4.82. The van der Waals surface area contributed by atoms with E-state index in [1.54, 1.807) is 6.07 Å². The van der Waals surface area contributed by atoms with E-state index >= 15 is 0 Å². The maximum absolute atomic E-state index is 13.7. The van der Waals surface area contributed by atoms with E-state index < -0.39 is 16.7 Å². The predicted molar refractivity (Wildman–Crippen MR) is 102 cm³/mol. The van der Waals surface area contributed by atoms with Crippen LogP contribution in [0, 0.1) is 11.6 Å². The number of anilines is 2. The fourth-order valence-corrected chi connectivity index (χ4v) is 3.46. The number of halogens is 3. The molecule has 4 rings (SSSR count). The molecule has 7 nitrogen and oxygen atoms in total. The number of rotatable bonds is 4. The average molecular weight is 423 g/mol. The molecule has 0 aliphatic carbocycles. The zero-order chi connectivity index (χ0) is 20.5. The van der Waals surface area contributed by atoms with Crippen LogP contribution in [0.15, 0.2) is 24.4 Å². The smallest absolute Gasteiger partial charge is 0.317 e. The minimum absolute atomic E-state index is 0.134. The first-order valence-electron chi connectivity index (χ1n) is 9.00. The largest absolute Gasteiger partial charge is 0.424 e. The topological polar surface area (TPSA) is 74.8 Å². The number of benzene rings is 1. The van der Waals surface area contributed by atoms with Crippen LogP contribution in [-0.4, -0.2) is 54.5 Å². The summed E-state index contributed by atoms with van der Waals surface area (Å²) in [5.74, 6) is -1.82. The van der Waals surface area contributed by atoms with E-state index in [1.165, 1.54) is 18.3 Å². The number of aromatic nitrogens is 1. The highest BCUT2D eigenvalue weighted by Gasteiger charge is 2.23. The first kappa shape index (κ1) is 19.5. The van der Waals surface area contributed by atoms with E-state index in [0.29, 0.717) is 49.0 Å². The molecule has 1 aromatic heterocycles. The number of piperazine rings is 1. The van der Waals surface area contributed by atoms with E-state index in [1.807, 2.05) is 9.80 Å². The fourth-order valence-electron chi connectivity index (χ4n) is 3.35. The second kappa shape index (κ2) is 7.92. The van der Waals surface area contributed by atoms with Crippen LogP contribution in [-0.2, 0) is 16.0 Å². The van der Waals surface area contributed by atoms with Gasteiger partial charge in [-0.1, -0.05) is 11.6 Å². The van der Waals surface area contributed by atoms with Gasteiger partial charge in [0.15, 0.2) is 5.75 Å². The molecule has 1 fully saturated rings. The molecule has 2 aliphatic heterocycles. The maximum atomic E-state index is 13.7. The van der Waals surface area contributed by atoms with Gasteiger partial charge in [0.05, 0.1) is 30.5 Å². The molecule has 0 saturated carbocycles. The number of carbonyl (C=O) groups excluding carboxylic acids is 2. The van der Waals surface area contributed by atoms with Gasteiger partial charge in [0, 0.05) is 37.9 Å². The van der Waals surface area contributed by atoms with Crippen LogP contribution in [0.2, 0.25) is 5.02 Å². The summed E-state index contributed by atoms with van der Waals surface area (Å²) < 4.78 is 32.3. The van der Waals surface area contributed by atoms with Gasteiger partial charge in [-0.25, -0.2) is 8.78 Å². The summed E-state index contributed by atoms with van der Waals surface area (Å²) in [5, 5.41) is 2.22. The van der Waals surface area contributed by atoms with Crippen molar-refractivity contribution in [1.82, 2.24) is 9.88 Å². The Morgan fingerprint density at radius 2 is 1.86 bits per heavy atom. The lowest BCUT2D eigenvalue weighted by atomic mass is 10.2. The van der Waals surface area contributed by atoms with E-state index in [-0.39, 0.29) is 24.8 Å². The van der Waals surface area contributed by atoms with Gasteiger partial charge >= 0.3 is 5.97 Å². The highest BCUT2D eigenvalue weighted by Crippen LogP contribution is 2.27. The van der Waals surface area contributed by atoms with E-state index in [2.05, 4.69) is 10.3 Å². The standard InChI is InChI=1S/C19H17ClF2N4O3/c20-19-13(21)6-12(7-14(19)22)26-3-1-25(2-4-26)10-17(27)24-11-5-16-15(23-9-11)8-18(28)29-16/h5-7,9H,1-4,8,10H2,(H,24,27). The van der Waals surface area contributed by atoms with Crippen molar-refractivity contribution in [1.29, 1.82) is 0 Å². The molecule has 0 radical (unpaired) electrons. The number of hydrogen-bond acceptors (Lipinski definition) is 6. The number of hydrogen-bond donors (Lipinski definition) is 1. The highest BCUT2D eigenvalue weighted by molar-refractivity contribution is 6.31. The normalized spacial score (nSPS) is 16.5. The van der Waals surface area contributed by atoms with Gasteiger partial charge in [-0.05, 0) is 12.1 Å². The van der Waals surface area contributed by atoms with Crippen molar-refractivity contribution < 1.29 is 23.1 Å². The third kappa shape index (κ3) is 4.30. The summed E-state index contributed by atoms with van der Waals surface area (Å²) in [4.78, 5) is 31.5. The first-order chi connectivity index (χ1) is 13.9. The molecule has 3 heterocycles. The summed E-state index contributed by atoms with van der Waals surface area (Å²) in [5.41, 5.74) is 1.43. The number of esters is 1. The molecule has 1 saturated heterocycles. The molecule has 1 amide bonds. The van der Waals surface area contributed by atoms with Crippen molar-refractivity contribution in [3.8, 4) is 5.75 Å². The molecule has 10 heteroatoms. The van der Waals surface area contributed by atoms with Gasteiger partial charge in [0.2, 0.25) is 5.91 Å². The van der Waals surface area contributed by atoms with Crippen molar-refractivity contribution in [2.45, 2.75) is 6.42 Å². The van der Waals surface area contributed by atoms with E-state index in [4.69, 9.17) is 16.3 Å². The second-order valence-corrected chi connectivity index (χ2v) is 7.23. The molecule has 0 spiro atoms. The number of pyridine rings is 1. The fraction of sp³-hybridized carbons (Fsp3) is 0.316. The number of nitrogens with zero attached hydrogens (tertiary/aromatic N) is 3. The number of fused-ring (bicyclic) bond motifs is 1. The minimum atomic E-state index is -0.794. The third-order valence-corrected chi connectivity index (χ3v) is 5.18. The van der Waals surface area contributed by atoms with Gasteiger partial charge in [0.25, 0.3) is 0 Å². The molecule has 0 bridgehead atoms. The molecule has 29 heavy (non-hydrogen) atoms. The van der Waals surface area contributed by atoms with Crippen molar-refractivity contribution in [3.63, 3.8) is 0 Å². The lowest BCUT2D eigenvalue weighted by Gasteiger charge is -2.35. The van der Waals surface area contributed by atoms with Crippen molar-refractivity contribution in [2.75, 3.05) is 42.9 Å². The Morgan fingerprint density at radius 1 is 1.17 bits per heavy atom. The summed E-state index contributed by atoms with van der Waals surface area (Å²) in [6.07, 6.45) is 1.62. The second-order valence-electron chi connectivity index (χ2n) is 6.85.